The fourth-order valence-corrected chi connectivity index (χ4v) is 3.40. The van der Waals surface area contributed by atoms with Gasteiger partial charge in [-0.05, 0) is 12.1 Å². The Morgan fingerprint density at radius 1 is 0.696 bits per heavy atom. The molecule has 0 atom stereocenters. The lowest BCUT2D eigenvalue weighted by Gasteiger charge is -2.30. The molecule has 3 nitrogen and oxygen atoms in total. The number of hydrogen-bond donors (Lipinski definition) is 2. The van der Waals surface area contributed by atoms with Crippen LogP contribution in [0.3, 0.4) is 0 Å². The van der Waals surface area contributed by atoms with Gasteiger partial charge in [0.1, 0.15) is 39.3 Å². The van der Waals surface area contributed by atoms with Gasteiger partial charge in [-0.1, -0.05) is 42.5 Å². The van der Waals surface area contributed by atoms with Crippen LogP contribution >= 0.6 is 0 Å². The molecular formula is C20H29N3+2. The van der Waals surface area contributed by atoms with E-state index < -0.39 is 0 Å². The highest BCUT2D eigenvalue weighted by molar-refractivity contribution is 5.45. The molecule has 23 heavy (non-hydrogen) atoms. The number of quaternary nitrogens is 2. The molecular weight excluding hydrogens is 282 g/mol. The molecule has 0 radical (unpaired) electrons. The summed E-state index contributed by atoms with van der Waals surface area (Å²) in [6.45, 7) is 7.44. The SMILES string of the molecule is CN(C)c1ccc(C[NH+]2CC[NH+](Cc3ccccc3)CC2)cc1. The highest BCUT2D eigenvalue weighted by atomic mass is 15.3. The Morgan fingerprint density at radius 2 is 1.17 bits per heavy atom. The molecule has 0 bridgehead atoms. The van der Waals surface area contributed by atoms with E-state index in [1.807, 2.05) is 0 Å². The minimum Gasteiger partial charge on any atom is -0.378 e. The van der Waals surface area contributed by atoms with Gasteiger partial charge in [-0.25, -0.2) is 0 Å². The van der Waals surface area contributed by atoms with E-state index in [0.29, 0.717) is 0 Å². The third-order valence-corrected chi connectivity index (χ3v) is 4.87. The van der Waals surface area contributed by atoms with Crippen molar-refractivity contribution in [1.82, 2.24) is 0 Å². The first-order chi connectivity index (χ1) is 11.2. The minimum absolute atomic E-state index is 1.16. The second kappa shape index (κ2) is 7.62. The van der Waals surface area contributed by atoms with Crippen LogP contribution < -0.4 is 14.7 Å². The van der Waals surface area contributed by atoms with Crippen molar-refractivity contribution < 1.29 is 9.80 Å². The molecule has 1 aliphatic heterocycles. The monoisotopic (exact) mass is 311 g/mol. The molecule has 1 aliphatic rings. The van der Waals surface area contributed by atoms with E-state index in [1.165, 1.54) is 49.5 Å². The van der Waals surface area contributed by atoms with E-state index in [-0.39, 0.29) is 0 Å². The maximum atomic E-state index is 2.28. The van der Waals surface area contributed by atoms with Gasteiger partial charge in [0.05, 0.1) is 0 Å². The number of anilines is 1. The number of benzene rings is 2. The van der Waals surface area contributed by atoms with Gasteiger partial charge in [0, 0.05) is 30.9 Å². The fourth-order valence-electron chi connectivity index (χ4n) is 3.40. The molecule has 2 aromatic rings. The number of hydrogen-bond acceptors (Lipinski definition) is 1. The third kappa shape index (κ3) is 4.57. The van der Waals surface area contributed by atoms with Crippen molar-refractivity contribution in [3.63, 3.8) is 0 Å². The Hall–Kier alpha value is -1.84. The quantitative estimate of drug-likeness (QED) is 0.806. The second-order valence-electron chi connectivity index (χ2n) is 6.90. The first kappa shape index (κ1) is 16.0. The van der Waals surface area contributed by atoms with E-state index in [2.05, 4.69) is 73.6 Å². The first-order valence-corrected chi connectivity index (χ1v) is 8.68. The van der Waals surface area contributed by atoms with Crippen LogP contribution in [-0.4, -0.2) is 40.3 Å². The van der Waals surface area contributed by atoms with Gasteiger partial charge in [-0.15, -0.1) is 0 Å². The van der Waals surface area contributed by atoms with Gasteiger partial charge < -0.3 is 14.7 Å². The molecule has 1 saturated heterocycles. The summed E-state index contributed by atoms with van der Waals surface area (Å²) in [6, 6.07) is 19.9. The minimum atomic E-state index is 1.16. The van der Waals surface area contributed by atoms with Crippen molar-refractivity contribution in [3.8, 4) is 0 Å². The van der Waals surface area contributed by atoms with Crippen molar-refractivity contribution in [2.45, 2.75) is 13.1 Å². The van der Waals surface area contributed by atoms with Crippen LogP contribution in [0.2, 0.25) is 0 Å². The molecule has 0 aromatic heterocycles. The van der Waals surface area contributed by atoms with Crippen LogP contribution in [0.15, 0.2) is 54.6 Å². The molecule has 0 unspecified atom stereocenters. The molecule has 0 aliphatic carbocycles. The second-order valence-corrected chi connectivity index (χ2v) is 6.90. The van der Waals surface area contributed by atoms with Crippen molar-refractivity contribution >= 4 is 5.69 Å². The van der Waals surface area contributed by atoms with Gasteiger partial charge >= 0.3 is 0 Å². The third-order valence-electron chi connectivity index (χ3n) is 4.87. The molecule has 0 spiro atoms. The van der Waals surface area contributed by atoms with Crippen LogP contribution in [0.25, 0.3) is 0 Å². The molecule has 3 rings (SSSR count). The average Bonchev–Trinajstić information content (AvgIpc) is 2.58. The van der Waals surface area contributed by atoms with Crippen LogP contribution in [0.5, 0.6) is 0 Å². The van der Waals surface area contributed by atoms with Crippen LogP contribution in [0.1, 0.15) is 11.1 Å². The van der Waals surface area contributed by atoms with Crippen molar-refractivity contribution in [2.75, 3.05) is 45.2 Å². The van der Waals surface area contributed by atoms with Gasteiger partial charge in [-0.3, -0.25) is 0 Å². The van der Waals surface area contributed by atoms with E-state index >= 15 is 0 Å². The Bertz CT molecular complexity index is 584. The van der Waals surface area contributed by atoms with E-state index in [4.69, 9.17) is 0 Å². The van der Waals surface area contributed by atoms with Gasteiger partial charge in [0.25, 0.3) is 0 Å². The summed E-state index contributed by atoms with van der Waals surface area (Å²) in [6.07, 6.45) is 0. The molecule has 122 valence electrons. The highest BCUT2D eigenvalue weighted by Gasteiger charge is 2.22. The molecule has 1 heterocycles. The zero-order valence-electron chi connectivity index (χ0n) is 14.4. The number of piperazine rings is 1. The average molecular weight is 311 g/mol. The summed E-state index contributed by atoms with van der Waals surface area (Å²) in [7, 11) is 4.18. The van der Waals surface area contributed by atoms with Crippen molar-refractivity contribution in [3.05, 3.63) is 65.7 Å². The Morgan fingerprint density at radius 3 is 1.65 bits per heavy atom. The summed E-state index contributed by atoms with van der Waals surface area (Å²) in [5, 5.41) is 0. The van der Waals surface area contributed by atoms with Crippen molar-refractivity contribution in [1.29, 1.82) is 0 Å². The smallest absolute Gasteiger partial charge is 0.127 e. The van der Waals surface area contributed by atoms with Crippen LogP contribution in [0, 0.1) is 0 Å². The summed E-state index contributed by atoms with van der Waals surface area (Å²) in [5.41, 5.74) is 4.20. The predicted molar refractivity (Wildman–Crippen MR) is 96.0 cm³/mol. The predicted octanol–water partition coefficient (Wildman–Crippen LogP) is 0.236. The Labute approximate surface area is 140 Å². The molecule has 2 aromatic carbocycles. The molecule has 2 N–H and O–H groups in total. The topological polar surface area (TPSA) is 12.1 Å². The first-order valence-electron chi connectivity index (χ1n) is 8.68. The molecule has 0 saturated carbocycles. The molecule has 3 heteroatoms. The molecule has 0 amide bonds. The number of rotatable bonds is 5. The summed E-state index contributed by atoms with van der Waals surface area (Å²) in [5.74, 6) is 0. The van der Waals surface area contributed by atoms with Gasteiger partial charge in [-0.2, -0.15) is 0 Å². The standard InChI is InChI=1S/C20H27N3/c1-21(2)20-10-8-19(9-11-20)17-23-14-12-22(13-15-23)16-18-6-4-3-5-7-18/h3-11H,12-17H2,1-2H3/p+2. The lowest BCUT2D eigenvalue weighted by atomic mass is 10.1. The fraction of sp³-hybridized carbons (Fsp3) is 0.400. The van der Waals surface area contributed by atoms with Crippen molar-refractivity contribution in [2.24, 2.45) is 0 Å². The van der Waals surface area contributed by atoms with E-state index in [9.17, 15) is 0 Å². The molecule has 1 fully saturated rings. The van der Waals surface area contributed by atoms with E-state index in [1.54, 1.807) is 9.80 Å². The van der Waals surface area contributed by atoms with Gasteiger partial charge in [0.15, 0.2) is 0 Å². The largest absolute Gasteiger partial charge is 0.378 e. The summed E-state index contributed by atoms with van der Waals surface area (Å²) in [4.78, 5) is 5.60. The zero-order valence-corrected chi connectivity index (χ0v) is 14.4. The summed E-state index contributed by atoms with van der Waals surface area (Å²) >= 11 is 0. The normalized spacial score (nSPS) is 21.1. The number of nitrogens with zero attached hydrogens (tertiary/aromatic N) is 1. The number of nitrogens with one attached hydrogen (secondary N) is 2. The lowest BCUT2D eigenvalue weighted by Crippen LogP contribution is -3.27. The summed E-state index contributed by atoms with van der Waals surface area (Å²) < 4.78 is 0. The van der Waals surface area contributed by atoms with Gasteiger partial charge in [0.2, 0.25) is 0 Å². The van der Waals surface area contributed by atoms with E-state index in [0.717, 1.165) is 6.54 Å². The maximum absolute atomic E-state index is 2.28. The lowest BCUT2D eigenvalue weighted by molar-refractivity contribution is -1.02. The highest BCUT2D eigenvalue weighted by Crippen LogP contribution is 2.11. The zero-order chi connectivity index (χ0) is 16.1. The van der Waals surface area contributed by atoms with Crippen LogP contribution in [-0.2, 0) is 13.1 Å². The Balaban J connectivity index is 1.47. The Kier molecular flexibility index (Phi) is 5.31. The van der Waals surface area contributed by atoms with Crippen LogP contribution in [0.4, 0.5) is 5.69 Å². The maximum Gasteiger partial charge on any atom is 0.127 e.